The molecule has 104 valence electrons. The summed E-state index contributed by atoms with van der Waals surface area (Å²) in [7, 11) is 0. The highest BCUT2D eigenvalue weighted by atomic mass is 16.5. The lowest BCUT2D eigenvalue weighted by molar-refractivity contribution is 0.0997. The highest BCUT2D eigenvalue weighted by Gasteiger charge is 2.16. The number of nitrogens with two attached hydrogens (primary N) is 1. The van der Waals surface area contributed by atoms with E-state index in [1.807, 2.05) is 6.92 Å². The molecule has 0 aliphatic carbocycles. The molecule has 5 nitrogen and oxygen atoms in total. The Morgan fingerprint density at radius 2 is 2.00 bits per heavy atom. The van der Waals surface area contributed by atoms with Crippen molar-refractivity contribution in [2.45, 2.75) is 20.5 Å². The molecule has 0 bridgehead atoms. The van der Waals surface area contributed by atoms with Gasteiger partial charge < -0.3 is 15.6 Å². The number of aromatic nitrogens is 1. The van der Waals surface area contributed by atoms with Crippen molar-refractivity contribution in [2.24, 2.45) is 5.73 Å². The monoisotopic (exact) mass is 272 g/mol. The molecule has 1 aromatic carbocycles. The number of carbonyl (C=O) groups excluding carboxylic acids is 1. The number of aliphatic hydroxyl groups is 1. The summed E-state index contributed by atoms with van der Waals surface area (Å²) >= 11 is 0. The fourth-order valence-corrected chi connectivity index (χ4v) is 2.03. The van der Waals surface area contributed by atoms with Crippen molar-refractivity contribution in [3.05, 3.63) is 52.8 Å². The molecule has 20 heavy (non-hydrogen) atoms. The summed E-state index contributed by atoms with van der Waals surface area (Å²) in [6.45, 7) is 3.37. The summed E-state index contributed by atoms with van der Waals surface area (Å²) in [6.07, 6.45) is 0. The Kier molecular flexibility index (Phi) is 4.00. The third-order valence-electron chi connectivity index (χ3n) is 2.90. The van der Waals surface area contributed by atoms with Crippen molar-refractivity contribution < 1.29 is 14.6 Å². The first kappa shape index (κ1) is 14.0. The lowest BCUT2D eigenvalue weighted by atomic mass is 10.1. The van der Waals surface area contributed by atoms with E-state index in [0.717, 1.165) is 5.69 Å². The number of hydrogen-bond acceptors (Lipinski definition) is 4. The fourth-order valence-electron chi connectivity index (χ4n) is 2.03. The van der Waals surface area contributed by atoms with Gasteiger partial charge in [-0.15, -0.1) is 0 Å². The summed E-state index contributed by atoms with van der Waals surface area (Å²) in [6, 6.07) is 8.72. The van der Waals surface area contributed by atoms with Crippen LogP contribution in [0.4, 0.5) is 0 Å². The SMILES string of the molecule is Cc1cc(Oc2ccccc2CO)c(C(N)=O)c(C)n1. The molecule has 3 N–H and O–H groups in total. The van der Waals surface area contributed by atoms with Crippen LogP contribution in [0.2, 0.25) is 0 Å². The molecule has 0 radical (unpaired) electrons. The highest BCUT2D eigenvalue weighted by Crippen LogP contribution is 2.29. The van der Waals surface area contributed by atoms with Crippen LogP contribution in [0.3, 0.4) is 0 Å². The highest BCUT2D eigenvalue weighted by molar-refractivity contribution is 5.96. The Labute approximate surface area is 117 Å². The molecule has 2 rings (SSSR count). The molecule has 0 fully saturated rings. The molecule has 0 saturated heterocycles. The molecule has 0 spiro atoms. The molecule has 5 heteroatoms. The van der Waals surface area contributed by atoms with E-state index in [-0.39, 0.29) is 12.2 Å². The molecule has 0 aliphatic heterocycles. The van der Waals surface area contributed by atoms with Crippen LogP contribution in [0, 0.1) is 13.8 Å². The number of para-hydroxylation sites is 1. The number of nitrogens with zero attached hydrogens (tertiary/aromatic N) is 1. The molecule has 1 amide bonds. The second-order valence-corrected chi connectivity index (χ2v) is 4.45. The number of benzene rings is 1. The third kappa shape index (κ3) is 2.78. The Balaban J connectivity index is 2.50. The van der Waals surface area contributed by atoms with Gasteiger partial charge in [0.25, 0.3) is 5.91 Å². The average Bonchev–Trinajstić information content (AvgIpc) is 2.38. The van der Waals surface area contributed by atoms with E-state index in [1.54, 1.807) is 37.3 Å². The normalized spacial score (nSPS) is 10.3. The predicted octanol–water partition coefficient (Wildman–Crippen LogP) is 2.08. The molecule has 1 heterocycles. The molecule has 1 aromatic heterocycles. The molecule has 0 unspecified atom stereocenters. The van der Waals surface area contributed by atoms with E-state index >= 15 is 0 Å². The summed E-state index contributed by atoms with van der Waals surface area (Å²) in [4.78, 5) is 15.8. The zero-order valence-corrected chi connectivity index (χ0v) is 11.4. The number of ether oxygens (including phenoxy) is 1. The Morgan fingerprint density at radius 3 is 2.65 bits per heavy atom. The van der Waals surface area contributed by atoms with Crippen LogP contribution in [-0.4, -0.2) is 16.0 Å². The largest absolute Gasteiger partial charge is 0.456 e. The van der Waals surface area contributed by atoms with Gasteiger partial charge in [-0.3, -0.25) is 9.78 Å². The minimum atomic E-state index is -0.591. The Hall–Kier alpha value is -2.40. The van der Waals surface area contributed by atoms with Crippen molar-refractivity contribution in [1.82, 2.24) is 4.98 Å². The van der Waals surface area contributed by atoms with Gasteiger partial charge in [0.05, 0.1) is 12.3 Å². The van der Waals surface area contributed by atoms with Crippen LogP contribution in [-0.2, 0) is 6.61 Å². The number of carbonyl (C=O) groups is 1. The van der Waals surface area contributed by atoms with Gasteiger partial charge in [-0.25, -0.2) is 0 Å². The topological polar surface area (TPSA) is 85.4 Å². The van der Waals surface area contributed by atoms with Crippen molar-refractivity contribution in [3.63, 3.8) is 0 Å². The van der Waals surface area contributed by atoms with Crippen LogP contribution in [0.15, 0.2) is 30.3 Å². The smallest absolute Gasteiger partial charge is 0.254 e. The number of aliphatic hydroxyl groups excluding tert-OH is 1. The van der Waals surface area contributed by atoms with Crippen molar-refractivity contribution in [2.75, 3.05) is 0 Å². The van der Waals surface area contributed by atoms with E-state index in [4.69, 9.17) is 10.5 Å². The second kappa shape index (κ2) is 5.71. The van der Waals surface area contributed by atoms with Gasteiger partial charge in [0.1, 0.15) is 17.1 Å². The Morgan fingerprint density at radius 1 is 1.30 bits per heavy atom. The lowest BCUT2D eigenvalue weighted by Crippen LogP contribution is -2.15. The van der Waals surface area contributed by atoms with E-state index in [1.165, 1.54) is 0 Å². The van der Waals surface area contributed by atoms with Crippen LogP contribution in [0.25, 0.3) is 0 Å². The van der Waals surface area contributed by atoms with Gasteiger partial charge in [0, 0.05) is 17.3 Å². The van der Waals surface area contributed by atoms with Gasteiger partial charge in [0.2, 0.25) is 0 Å². The standard InChI is InChI=1S/C15H16N2O3/c1-9-7-13(14(15(16)19)10(2)17-9)20-12-6-4-3-5-11(12)8-18/h3-7,18H,8H2,1-2H3,(H2,16,19). The van der Waals surface area contributed by atoms with Gasteiger partial charge in [-0.1, -0.05) is 18.2 Å². The quantitative estimate of drug-likeness (QED) is 0.892. The maximum Gasteiger partial charge on any atom is 0.254 e. The van der Waals surface area contributed by atoms with Gasteiger partial charge in [0.15, 0.2) is 0 Å². The fraction of sp³-hybridized carbons (Fsp3) is 0.200. The van der Waals surface area contributed by atoms with E-state index in [9.17, 15) is 9.90 Å². The predicted molar refractivity (Wildman–Crippen MR) is 74.7 cm³/mol. The first-order chi connectivity index (χ1) is 9.52. The van der Waals surface area contributed by atoms with E-state index in [0.29, 0.717) is 22.8 Å². The van der Waals surface area contributed by atoms with Gasteiger partial charge >= 0.3 is 0 Å². The number of pyridine rings is 1. The lowest BCUT2D eigenvalue weighted by Gasteiger charge is -2.14. The van der Waals surface area contributed by atoms with Gasteiger partial charge in [-0.05, 0) is 19.9 Å². The van der Waals surface area contributed by atoms with E-state index in [2.05, 4.69) is 4.98 Å². The first-order valence-electron chi connectivity index (χ1n) is 6.17. The molecule has 0 aliphatic rings. The molecule has 0 atom stereocenters. The van der Waals surface area contributed by atoms with Crippen molar-refractivity contribution in [1.29, 1.82) is 0 Å². The van der Waals surface area contributed by atoms with Crippen LogP contribution in [0.5, 0.6) is 11.5 Å². The zero-order chi connectivity index (χ0) is 14.7. The summed E-state index contributed by atoms with van der Waals surface area (Å²) in [5, 5.41) is 9.30. The minimum Gasteiger partial charge on any atom is -0.456 e. The van der Waals surface area contributed by atoms with Crippen LogP contribution < -0.4 is 10.5 Å². The first-order valence-corrected chi connectivity index (χ1v) is 6.17. The number of aryl methyl sites for hydroxylation is 2. The minimum absolute atomic E-state index is 0.148. The summed E-state index contributed by atoms with van der Waals surface area (Å²) in [5.74, 6) is 0.248. The van der Waals surface area contributed by atoms with Gasteiger partial charge in [-0.2, -0.15) is 0 Å². The number of amides is 1. The zero-order valence-electron chi connectivity index (χ0n) is 11.4. The van der Waals surface area contributed by atoms with Crippen molar-refractivity contribution >= 4 is 5.91 Å². The maximum atomic E-state index is 11.6. The number of primary amides is 1. The van der Waals surface area contributed by atoms with Crippen LogP contribution >= 0.6 is 0 Å². The maximum absolute atomic E-state index is 11.6. The third-order valence-corrected chi connectivity index (χ3v) is 2.90. The molecular formula is C15H16N2O3. The summed E-state index contributed by atoms with van der Waals surface area (Å²) in [5.41, 5.74) is 7.52. The van der Waals surface area contributed by atoms with E-state index < -0.39 is 5.91 Å². The molecular weight excluding hydrogens is 256 g/mol. The van der Waals surface area contributed by atoms with Crippen LogP contribution in [0.1, 0.15) is 27.3 Å². The average molecular weight is 272 g/mol. The molecule has 0 saturated carbocycles. The molecule has 2 aromatic rings. The summed E-state index contributed by atoms with van der Waals surface area (Å²) < 4.78 is 5.75. The number of hydrogen-bond donors (Lipinski definition) is 2. The Bertz CT molecular complexity index is 654. The second-order valence-electron chi connectivity index (χ2n) is 4.45. The van der Waals surface area contributed by atoms with Crippen molar-refractivity contribution in [3.8, 4) is 11.5 Å². The number of rotatable bonds is 4.